The highest BCUT2D eigenvalue weighted by Gasteiger charge is 2.27. The molecule has 1 amide bonds. The predicted octanol–water partition coefficient (Wildman–Crippen LogP) is 1.30. The molecule has 0 bridgehead atoms. The van der Waals surface area contributed by atoms with Crippen molar-refractivity contribution in [3.63, 3.8) is 0 Å². The van der Waals surface area contributed by atoms with Crippen LogP contribution in [0.1, 0.15) is 38.5 Å². The molecule has 5 heteroatoms. The number of aromatic nitrogens is 2. The Hall–Kier alpha value is -1.36. The van der Waals surface area contributed by atoms with E-state index in [4.69, 9.17) is 5.73 Å². The molecule has 2 unspecified atom stereocenters. The van der Waals surface area contributed by atoms with Crippen molar-refractivity contribution < 1.29 is 4.79 Å². The Bertz CT molecular complexity index is 377. The van der Waals surface area contributed by atoms with Crippen LogP contribution in [-0.4, -0.2) is 28.0 Å². The van der Waals surface area contributed by atoms with Crippen LogP contribution < -0.4 is 11.1 Å². The highest BCUT2D eigenvalue weighted by Crippen LogP contribution is 2.22. The van der Waals surface area contributed by atoms with E-state index in [0.29, 0.717) is 0 Å². The number of carbonyl (C=O) groups excluding carboxylic acids is 1. The highest BCUT2D eigenvalue weighted by molar-refractivity contribution is 5.79. The summed E-state index contributed by atoms with van der Waals surface area (Å²) >= 11 is 0. The standard InChI is InChI=1S/C14H24N4O/c15-13-6-2-1-5-12(13)14(19)17-7-3-4-9-18-10-8-16-11-18/h8,10-13H,1-7,9,15H2,(H,17,19). The van der Waals surface area contributed by atoms with E-state index in [1.807, 2.05) is 12.5 Å². The van der Waals surface area contributed by atoms with Gasteiger partial charge in [0.05, 0.1) is 12.2 Å². The third-order valence-electron chi connectivity index (χ3n) is 3.86. The number of hydrogen-bond donors (Lipinski definition) is 2. The van der Waals surface area contributed by atoms with E-state index in [9.17, 15) is 4.79 Å². The van der Waals surface area contributed by atoms with Gasteiger partial charge in [-0.1, -0.05) is 12.8 Å². The fraction of sp³-hybridized carbons (Fsp3) is 0.714. The number of amides is 1. The minimum atomic E-state index is 0.0300. The maximum Gasteiger partial charge on any atom is 0.224 e. The lowest BCUT2D eigenvalue weighted by atomic mass is 9.84. The minimum Gasteiger partial charge on any atom is -0.356 e. The third kappa shape index (κ3) is 4.35. The van der Waals surface area contributed by atoms with Gasteiger partial charge in [-0.15, -0.1) is 0 Å². The molecule has 19 heavy (non-hydrogen) atoms. The molecule has 1 saturated carbocycles. The lowest BCUT2D eigenvalue weighted by molar-refractivity contribution is -0.126. The molecule has 2 atom stereocenters. The topological polar surface area (TPSA) is 72.9 Å². The van der Waals surface area contributed by atoms with E-state index >= 15 is 0 Å². The van der Waals surface area contributed by atoms with Gasteiger partial charge in [-0.3, -0.25) is 4.79 Å². The third-order valence-corrected chi connectivity index (χ3v) is 3.86. The zero-order valence-corrected chi connectivity index (χ0v) is 11.4. The monoisotopic (exact) mass is 264 g/mol. The van der Waals surface area contributed by atoms with E-state index in [2.05, 4.69) is 14.9 Å². The van der Waals surface area contributed by atoms with Gasteiger partial charge in [-0.2, -0.15) is 0 Å². The second-order valence-electron chi connectivity index (χ2n) is 5.35. The van der Waals surface area contributed by atoms with Crippen molar-refractivity contribution in [2.45, 2.75) is 51.1 Å². The van der Waals surface area contributed by atoms with Crippen molar-refractivity contribution in [3.8, 4) is 0 Å². The largest absolute Gasteiger partial charge is 0.356 e. The van der Waals surface area contributed by atoms with E-state index in [0.717, 1.165) is 51.6 Å². The van der Waals surface area contributed by atoms with E-state index < -0.39 is 0 Å². The number of aryl methyl sites for hydroxylation is 1. The Kier molecular flexibility index (Phi) is 5.39. The second-order valence-corrected chi connectivity index (χ2v) is 5.35. The molecule has 1 aromatic heterocycles. The van der Waals surface area contributed by atoms with Crippen molar-refractivity contribution in [1.82, 2.24) is 14.9 Å². The van der Waals surface area contributed by atoms with Gasteiger partial charge in [0.25, 0.3) is 0 Å². The number of hydrogen-bond acceptors (Lipinski definition) is 3. The Morgan fingerprint density at radius 3 is 2.95 bits per heavy atom. The Morgan fingerprint density at radius 1 is 1.37 bits per heavy atom. The summed E-state index contributed by atoms with van der Waals surface area (Å²) in [5.41, 5.74) is 6.00. The molecular weight excluding hydrogens is 240 g/mol. The molecule has 1 aromatic rings. The van der Waals surface area contributed by atoms with Crippen molar-refractivity contribution in [1.29, 1.82) is 0 Å². The summed E-state index contributed by atoms with van der Waals surface area (Å²) < 4.78 is 2.05. The molecule has 0 saturated heterocycles. The van der Waals surface area contributed by atoms with Gasteiger partial charge in [-0.25, -0.2) is 4.98 Å². The number of rotatable bonds is 6. The van der Waals surface area contributed by atoms with Crippen LogP contribution >= 0.6 is 0 Å². The number of nitrogens with one attached hydrogen (secondary N) is 1. The fourth-order valence-corrected chi connectivity index (χ4v) is 2.67. The molecule has 0 aromatic carbocycles. The van der Waals surface area contributed by atoms with E-state index in [1.165, 1.54) is 0 Å². The quantitative estimate of drug-likeness (QED) is 0.761. The van der Waals surface area contributed by atoms with Gasteiger partial charge >= 0.3 is 0 Å². The highest BCUT2D eigenvalue weighted by atomic mass is 16.1. The molecule has 1 aliphatic rings. The minimum absolute atomic E-state index is 0.0300. The zero-order chi connectivity index (χ0) is 13.5. The van der Waals surface area contributed by atoms with Gasteiger partial charge in [-0.05, 0) is 25.7 Å². The molecule has 1 heterocycles. The number of nitrogens with zero attached hydrogens (tertiary/aromatic N) is 2. The van der Waals surface area contributed by atoms with Crippen LogP contribution in [-0.2, 0) is 11.3 Å². The number of carbonyl (C=O) groups is 1. The molecule has 0 aliphatic heterocycles. The first-order valence-corrected chi connectivity index (χ1v) is 7.26. The molecule has 1 fully saturated rings. The second kappa shape index (κ2) is 7.28. The molecule has 0 radical (unpaired) electrons. The summed E-state index contributed by atoms with van der Waals surface area (Å²) in [6, 6.07) is 0.0553. The van der Waals surface area contributed by atoms with Crippen molar-refractivity contribution >= 4 is 5.91 Å². The smallest absolute Gasteiger partial charge is 0.224 e. The van der Waals surface area contributed by atoms with Crippen LogP contribution in [0, 0.1) is 5.92 Å². The summed E-state index contributed by atoms with van der Waals surface area (Å²) in [7, 11) is 0. The van der Waals surface area contributed by atoms with Gasteiger partial charge in [0.1, 0.15) is 0 Å². The first-order valence-electron chi connectivity index (χ1n) is 7.26. The van der Waals surface area contributed by atoms with Crippen LogP contribution in [0.2, 0.25) is 0 Å². The molecular formula is C14H24N4O. The van der Waals surface area contributed by atoms with Gasteiger partial charge in [0.2, 0.25) is 5.91 Å². The molecule has 1 aliphatic carbocycles. The predicted molar refractivity (Wildman–Crippen MR) is 74.4 cm³/mol. The normalized spacial score (nSPS) is 23.2. The first kappa shape index (κ1) is 14.1. The fourth-order valence-electron chi connectivity index (χ4n) is 2.67. The average Bonchev–Trinajstić information content (AvgIpc) is 2.92. The summed E-state index contributed by atoms with van der Waals surface area (Å²) in [6.45, 7) is 1.70. The molecule has 5 nitrogen and oxygen atoms in total. The summed E-state index contributed by atoms with van der Waals surface area (Å²) in [5, 5.41) is 3.02. The van der Waals surface area contributed by atoms with Crippen LogP contribution in [0.4, 0.5) is 0 Å². The van der Waals surface area contributed by atoms with Crippen LogP contribution in [0.5, 0.6) is 0 Å². The number of unbranched alkanes of at least 4 members (excludes halogenated alkanes) is 1. The summed E-state index contributed by atoms with van der Waals surface area (Å²) in [4.78, 5) is 16.0. The van der Waals surface area contributed by atoms with E-state index in [-0.39, 0.29) is 17.9 Å². The van der Waals surface area contributed by atoms with Crippen molar-refractivity contribution in [2.75, 3.05) is 6.54 Å². The van der Waals surface area contributed by atoms with Crippen LogP contribution in [0.15, 0.2) is 18.7 Å². The van der Waals surface area contributed by atoms with Crippen molar-refractivity contribution in [3.05, 3.63) is 18.7 Å². The summed E-state index contributed by atoms with van der Waals surface area (Å²) in [5.74, 6) is 0.178. The molecule has 106 valence electrons. The molecule has 0 spiro atoms. The lowest BCUT2D eigenvalue weighted by Gasteiger charge is -2.27. The lowest BCUT2D eigenvalue weighted by Crippen LogP contribution is -2.43. The Morgan fingerprint density at radius 2 is 2.21 bits per heavy atom. The molecule has 3 N–H and O–H groups in total. The number of imidazole rings is 1. The maximum absolute atomic E-state index is 12.0. The van der Waals surface area contributed by atoms with Gasteiger partial charge < -0.3 is 15.6 Å². The van der Waals surface area contributed by atoms with E-state index in [1.54, 1.807) is 6.20 Å². The maximum atomic E-state index is 12.0. The Balaban J connectivity index is 1.58. The van der Waals surface area contributed by atoms with Crippen molar-refractivity contribution in [2.24, 2.45) is 11.7 Å². The SMILES string of the molecule is NC1CCCCC1C(=O)NCCCCn1ccnc1. The van der Waals surface area contributed by atoms with Crippen LogP contribution in [0.25, 0.3) is 0 Å². The number of nitrogens with two attached hydrogens (primary N) is 1. The Labute approximate surface area is 114 Å². The van der Waals surface area contributed by atoms with Gasteiger partial charge in [0.15, 0.2) is 0 Å². The average molecular weight is 264 g/mol. The molecule has 2 rings (SSSR count). The van der Waals surface area contributed by atoms with Gasteiger partial charge in [0, 0.05) is 31.5 Å². The zero-order valence-electron chi connectivity index (χ0n) is 11.4. The summed E-state index contributed by atoms with van der Waals surface area (Å²) in [6.07, 6.45) is 11.8. The van der Waals surface area contributed by atoms with Crippen LogP contribution in [0.3, 0.4) is 0 Å². The first-order chi connectivity index (χ1) is 9.27.